The van der Waals surface area contributed by atoms with Crippen molar-refractivity contribution in [2.75, 3.05) is 13.1 Å². The monoisotopic (exact) mass is 332 g/mol. The number of carbonyl (C=O) groups excluding carboxylic acids is 1. The number of hydrogen-bond donors (Lipinski definition) is 0. The van der Waals surface area contributed by atoms with E-state index >= 15 is 0 Å². The molecule has 1 amide bonds. The van der Waals surface area contributed by atoms with Crippen LogP contribution in [-0.2, 0) is 17.9 Å². The Bertz CT molecular complexity index is 767. The van der Waals surface area contributed by atoms with E-state index in [2.05, 4.69) is 47.4 Å². The normalized spacial score (nSPS) is 20.6. The standard InChI is InChI=1S/C22H24N2O/c25-22-20(13-15-24(22)17-19-10-5-2-6-11-19)21-12-7-14-23(21)16-18-8-3-1-4-9-18/h1-6,8-11H,7,12-17H2/b21-20-. The van der Waals surface area contributed by atoms with Gasteiger partial charge >= 0.3 is 0 Å². The van der Waals surface area contributed by atoms with Crippen LogP contribution in [0.15, 0.2) is 71.9 Å². The Hall–Kier alpha value is -2.55. The van der Waals surface area contributed by atoms with Crippen molar-refractivity contribution < 1.29 is 4.79 Å². The highest BCUT2D eigenvalue weighted by Gasteiger charge is 2.32. The van der Waals surface area contributed by atoms with Crippen molar-refractivity contribution in [2.45, 2.75) is 32.4 Å². The second kappa shape index (κ2) is 7.14. The summed E-state index contributed by atoms with van der Waals surface area (Å²) in [5, 5.41) is 0. The van der Waals surface area contributed by atoms with Crippen LogP contribution in [0.25, 0.3) is 0 Å². The summed E-state index contributed by atoms with van der Waals surface area (Å²) in [6.07, 6.45) is 3.07. The third kappa shape index (κ3) is 3.46. The van der Waals surface area contributed by atoms with Crippen LogP contribution in [0.1, 0.15) is 30.4 Å². The molecule has 0 bridgehead atoms. The van der Waals surface area contributed by atoms with Gasteiger partial charge < -0.3 is 9.80 Å². The molecule has 0 atom stereocenters. The lowest BCUT2D eigenvalue weighted by Gasteiger charge is -2.22. The molecule has 0 aromatic heterocycles. The molecular weight excluding hydrogens is 308 g/mol. The fraction of sp³-hybridized carbons (Fsp3) is 0.318. The summed E-state index contributed by atoms with van der Waals surface area (Å²) < 4.78 is 0. The highest BCUT2D eigenvalue weighted by atomic mass is 16.2. The van der Waals surface area contributed by atoms with Gasteiger partial charge in [-0.2, -0.15) is 0 Å². The molecule has 0 N–H and O–H groups in total. The first kappa shape index (κ1) is 15.9. The average Bonchev–Trinajstić information content (AvgIpc) is 3.24. The second-order valence-electron chi connectivity index (χ2n) is 6.90. The van der Waals surface area contributed by atoms with E-state index in [1.807, 2.05) is 23.1 Å². The van der Waals surface area contributed by atoms with Crippen LogP contribution in [-0.4, -0.2) is 28.8 Å². The van der Waals surface area contributed by atoms with Crippen LogP contribution in [0.3, 0.4) is 0 Å². The van der Waals surface area contributed by atoms with E-state index < -0.39 is 0 Å². The summed E-state index contributed by atoms with van der Waals surface area (Å²) >= 11 is 0. The van der Waals surface area contributed by atoms with Gasteiger partial charge in [0.25, 0.3) is 5.91 Å². The van der Waals surface area contributed by atoms with Crippen molar-refractivity contribution in [3.05, 3.63) is 83.1 Å². The van der Waals surface area contributed by atoms with Crippen molar-refractivity contribution in [2.24, 2.45) is 0 Å². The predicted octanol–water partition coefficient (Wildman–Crippen LogP) is 3.97. The summed E-state index contributed by atoms with van der Waals surface area (Å²) in [6, 6.07) is 20.8. The Morgan fingerprint density at radius 1 is 0.720 bits per heavy atom. The minimum absolute atomic E-state index is 0.235. The lowest BCUT2D eigenvalue weighted by atomic mass is 10.1. The van der Waals surface area contributed by atoms with Gasteiger partial charge in [-0.1, -0.05) is 60.7 Å². The van der Waals surface area contributed by atoms with Gasteiger partial charge in [-0.3, -0.25) is 4.79 Å². The van der Waals surface area contributed by atoms with Crippen LogP contribution in [0.5, 0.6) is 0 Å². The minimum atomic E-state index is 0.235. The molecule has 2 aliphatic rings. The molecule has 0 saturated carbocycles. The van der Waals surface area contributed by atoms with Gasteiger partial charge in [0.1, 0.15) is 0 Å². The average molecular weight is 332 g/mol. The predicted molar refractivity (Wildman–Crippen MR) is 99.6 cm³/mol. The van der Waals surface area contributed by atoms with Gasteiger partial charge in [-0.25, -0.2) is 0 Å². The topological polar surface area (TPSA) is 23.6 Å². The Kier molecular flexibility index (Phi) is 4.55. The maximum absolute atomic E-state index is 12.9. The molecule has 0 radical (unpaired) electrons. The summed E-state index contributed by atoms with van der Waals surface area (Å²) in [5.41, 5.74) is 4.84. The number of carbonyl (C=O) groups is 1. The Morgan fingerprint density at radius 3 is 1.96 bits per heavy atom. The maximum atomic E-state index is 12.9. The van der Waals surface area contributed by atoms with Crippen LogP contribution in [0.2, 0.25) is 0 Å². The Labute approximate surface area is 149 Å². The molecule has 2 aliphatic heterocycles. The highest BCUT2D eigenvalue weighted by Crippen LogP contribution is 2.32. The van der Waals surface area contributed by atoms with Gasteiger partial charge in [-0.05, 0) is 30.4 Å². The van der Waals surface area contributed by atoms with Crippen molar-refractivity contribution >= 4 is 5.91 Å². The fourth-order valence-corrected chi connectivity index (χ4v) is 3.92. The van der Waals surface area contributed by atoms with Gasteiger partial charge in [0, 0.05) is 37.4 Å². The minimum Gasteiger partial charge on any atom is -0.370 e. The fourth-order valence-electron chi connectivity index (χ4n) is 3.92. The zero-order chi connectivity index (χ0) is 17.1. The molecule has 0 spiro atoms. The summed E-state index contributed by atoms with van der Waals surface area (Å²) in [6.45, 7) is 3.52. The Morgan fingerprint density at radius 2 is 1.32 bits per heavy atom. The van der Waals surface area contributed by atoms with Gasteiger partial charge in [-0.15, -0.1) is 0 Å². The molecule has 3 heteroatoms. The number of benzene rings is 2. The number of amides is 1. The molecule has 0 unspecified atom stereocenters. The number of allylic oxidation sites excluding steroid dienone is 1. The highest BCUT2D eigenvalue weighted by molar-refractivity contribution is 5.96. The smallest absolute Gasteiger partial charge is 0.251 e. The number of hydrogen-bond acceptors (Lipinski definition) is 2. The third-order valence-electron chi connectivity index (χ3n) is 5.18. The lowest BCUT2D eigenvalue weighted by Crippen LogP contribution is -2.26. The van der Waals surface area contributed by atoms with Crippen LogP contribution in [0, 0.1) is 0 Å². The van der Waals surface area contributed by atoms with E-state index in [9.17, 15) is 4.79 Å². The summed E-state index contributed by atoms with van der Waals surface area (Å²) in [7, 11) is 0. The van der Waals surface area contributed by atoms with Crippen molar-refractivity contribution in [1.29, 1.82) is 0 Å². The molecule has 2 saturated heterocycles. The first-order valence-corrected chi connectivity index (χ1v) is 9.15. The van der Waals surface area contributed by atoms with E-state index in [1.165, 1.54) is 16.8 Å². The summed E-state index contributed by atoms with van der Waals surface area (Å²) in [5.74, 6) is 0.235. The van der Waals surface area contributed by atoms with E-state index in [4.69, 9.17) is 0 Å². The van der Waals surface area contributed by atoms with Gasteiger partial charge in [0.15, 0.2) is 0 Å². The van der Waals surface area contributed by atoms with Crippen LogP contribution < -0.4 is 0 Å². The van der Waals surface area contributed by atoms with Gasteiger partial charge in [0.2, 0.25) is 0 Å². The van der Waals surface area contributed by atoms with E-state index in [-0.39, 0.29) is 5.91 Å². The van der Waals surface area contributed by atoms with Crippen LogP contribution >= 0.6 is 0 Å². The number of rotatable bonds is 4. The van der Waals surface area contributed by atoms with Gasteiger partial charge in [0.05, 0.1) is 0 Å². The lowest BCUT2D eigenvalue weighted by molar-refractivity contribution is -0.125. The van der Waals surface area contributed by atoms with E-state index in [0.717, 1.165) is 51.0 Å². The van der Waals surface area contributed by atoms with E-state index in [1.54, 1.807) is 0 Å². The molecule has 0 aliphatic carbocycles. The molecule has 3 nitrogen and oxygen atoms in total. The first-order valence-electron chi connectivity index (χ1n) is 9.15. The zero-order valence-electron chi connectivity index (χ0n) is 14.5. The number of likely N-dealkylation sites (tertiary alicyclic amines) is 2. The van der Waals surface area contributed by atoms with Crippen LogP contribution in [0.4, 0.5) is 0 Å². The summed E-state index contributed by atoms with van der Waals surface area (Å²) in [4.78, 5) is 17.3. The zero-order valence-corrected chi connectivity index (χ0v) is 14.5. The SMILES string of the molecule is O=C1/C(=C2/CCCN2Cc2ccccc2)CCN1Cc1ccccc1. The third-order valence-corrected chi connectivity index (χ3v) is 5.18. The Balaban J connectivity index is 1.50. The largest absolute Gasteiger partial charge is 0.370 e. The molecule has 4 rings (SSSR count). The quantitative estimate of drug-likeness (QED) is 0.791. The molecule has 25 heavy (non-hydrogen) atoms. The maximum Gasteiger partial charge on any atom is 0.251 e. The molecule has 2 fully saturated rings. The van der Waals surface area contributed by atoms with Crippen molar-refractivity contribution in [1.82, 2.24) is 9.80 Å². The van der Waals surface area contributed by atoms with E-state index in [0.29, 0.717) is 0 Å². The molecule has 2 aromatic rings. The molecular formula is C22H24N2O. The first-order chi connectivity index (χ1) is 12.3. The molecule has 2 heterocycles. The molecule has 128 valence electrons. The second-order valence-corrected chi connectivity index (χ2v) is 6.90. The van der Waals surface area contributed by atoms with Crippen molar-refractivity contribution in [3.63, 3.8) is 0 Å². The molecule has 2 aromatic carbocycles. The van der Waals surface area contributed by atoms with Crippen molar-refractivity contribution in [3.8, 4) is 0 Å². The number of nitrogens with zero attached hydrogens (tertiary/aromatic N) is 2.